The van der Waals surface area contributed by atoms with Crippen LogP contribution < -0.4 is 10.9 Å². The Balaban J connectivity index is 1.88. The highest BCUT2D eigenvalue weighted by Gasteiger charge is 2.16. The van der Waals surface area contributed by atoms with Crippen molar-refractivity contribution in [3.63, 3.8) is 0 Å². The molecule has 0 aliphatic carbocycles. The molecule has 28 heavy (non-hydrogen) atoms. The van der Waals surface area contributed by atoms with E-state index in [4.69, 9.17) is 0 Å². The Hall–Kier alpha value is -3.55. The monoisotopic (exact) mass is 379 g/mol. The van der Waals surface area contributed by atoms with Gasteiger partial charge in [-0.1, -0.05) is 26.0 Å². The maximum Gasteiger partial charge on any atom is 0.281 e. The van der Waals surface area contributed by atoms with Crippen LogP contribution in [0.4, 0.5) is 4.39 Å². The lowest BCUT2D eigenvalue weighted by Crippen LogP contribution is -2.27. The third-order valence-corrected chi connectivity index (χ3v) is 4.39. The molecule has 2 aromatic heterocycles. The van der Waals surface area contributed by atoms with Crippen LogP contribution in [0.2, 0.25) is 0 Å². The third kappa shape index (κ3) is 3.13. The number of nitrogens with zero attached hydrogens (tertiary/aromatic N) is 3. The van der Waals surface area contributed by atoms with Gasteiger partial charge >= 0.3 is 0 Å². The average molecular weight is 379 g/mol. The number of fused-ring (bicyclic) bond motifs is 3. The minimum atomic E-state index is -0.441. The zero-order chi connectivity index (χ0) is 19.8. The number of aromatic nitrogens is 4. The van der Waals surface area contributed by atoms with Crippen LogP contribution in [0.15, 0.2) is 47.3 Å². The molecule has 0 saturated heterocycles. The van der Waals surface area contributed by atoms with E-state index in [0.29, 0.717) is 40.2 Å². The standard InChI is InChI=1S/C20H18FN5O2/c1-11(2)10-22-19(27)13-6-7-15-16(9-13)26-18(23-20(15)28)17(24-25-26)12-4-3-5-14(21)8-12/h3-9,11,25H,10H2,1-2H3,(H,22,27). The summed E-state index contributed by atoms with van der Waals surface area (Å²) in [4.78, 5) is 29.0. The summed E-state index contributed by atoms with van der Waals surface area (Å²) >= 11 is 0. The molecule has 4 aromatic rings. The molecule has 0 fully saturated rings. The minimum Gasteiger partial charge on any atom is -0.352 e. The highest BCUT2D eigenvalue weighted by atomic mass is 19.1. The highest BCUT2D eigenvalue weighted by Crippen LogP contribution is 2.23. The van der Waals surface area contributed by atoms with Crippen molar-refractivity contribution in [1.29, 1.82) is 0 Å². The third-order valence-electron chi connectivity index (χ3n) is 4.39. The smallest absolute Gasteiger partial charge is 0.281 e. The zero-order valence-electron chi connectivity index (χ0n) is 15.4. The van der Waals surface area contributed by atoms with E-state index in [-0.39, 0.29) is 11.6 Å². The van der Waals surface area contributed by atoms with Crippen molar-refractivity contribution < 1.29 is 9.18 Å². The molecule has 2 heterocycles. The maximum atomic E-state index is 13.6. The van der Waals surface area contributed by atoms with E-state index in [1.165, 1.54) is 16.6 Å². The second-order valence-electron chi connectivity index (χ2n) is 6.98. The van der Waals surface area contributed by atoms with Crippen molar-refractivity contribution in [2.24, 2.45) is 5.92 Å². The first-order chi connectivity index (χ1) is 13.4. The average Bonchev–Trinajstić information content (AvgIpc) is 3.09. The highest BCUT2D eigenvalue weighted by molar-refractivity contribution is 5.98. The Morgan fingerprint density at radius 1 is 1.25 bits per heavy atom. The van der Waals surface area contributed by atoms with Crippen molar-refractivity contribution >= 4 is 22.5 Å². The van der Waals surface area contributed by atoms with E-state index < -0.39 is 11.4 Å². The van der Waals surface area contributed by atoms with Gasteiger partial charge in [-0.25, -0.2) is 14.1 Å². The predicted octanol–water partition coefficient (Wildman–Crippen LogP) is 2.76. The summed E-state index contributed by atoms with van der Waals surface area (Å²) in [6.45, 7) is 4.57. The first-order valence-corrected chi connectivity index (χ1v) is 8.89. The van der Waals surface area contributed by atoms with Gasteiger partial charge in [0, 0.05) is 17.7 Å². The van der Waals surface area contributed by atoms with Crippen molar-refractivity contribution in [1.82, 2.24) is 25.1 Å². The molecular formula is C20H18FN5O2. The molecule has 1 amide bonds. The summed E-state index contributed by atoms with van der Waals surface area (Å²) in [5.74, 6) is -0.311. The molecule has 142 valence electrons. The van der Waals surface area contributed by atoms with Gasteiger partial charge in [0.1, 0.15) is 11.5 Å². The fourth-order valence-corrected chi connectivity index (χ4v) is 3.00. The van der Waals surface area contributed by atoms with Crippen molar-refractivity contribution in [3.8, 4) is 11.3 Å². The van der Waals surface area contributed by atoms with E-state index in [2.05, 4.69) is 20.6 Å². The molecule has 0 atom stereocenters. The van der Waals surface area contributed by atoms with Crippen molar-refractivity contribution in [2.75, 3.05) is 6.54 Å². The second kappa shape index (κ2) is 6.88. The topological polar surface area (TPSA) is 92.2 Å². The van der Waals surface area contributed by atoms with Crippen LogP contribution in [-0.2, 0) is 0 Å². The van der Waals surface area contributed by atoms with E-state index >= 15 is 0 Å². The number of H-pyrrole nitrogens is 1. The van der Waals surface area contributed by atoms with E-state index in [1.807, 2.05) is 13.8 Å². The van der Waals surface area contributed by atoms with Gasteiger partial charge in [-0.3, -0.25) is 9.59 Å². The summed E-state index contributed by atoms with van der Waals surface area (Å²) < 4.78 is 15.1. The van der Waals surface area contributed by atoms with Crippen LogP contribution in [0.1, 0.15) is 24.2 Å². The molecule has 0 radical (unpaired) electrons. The Morgan fingerprint density at radius 3 is 2.82 bits per heavy atom. The lowest BCUT2D eigenvalue weighted by Gasteiger charge is -2.08. The number of hydrogen-bond donors (Lipinski definition) is 2. The Morgan fingerprint density at radius 2 is 2.07 bits per heavy atom. The second-order valence-corrected chi connectivity index (χ2v) is 6.98. The van der Waals surface area contributed by atoms with Crippen molar-refractivity contribution in [3.05, 3.63) is 64.2 Å². The SMILES string of the molecule is CC(C)CNC(=O)c1ccc2c(=O)nc3c(-c4cccc(F)c4)n[nH]n3c2c1. The first kappa shape index (κ1) is 17.8. The maximum absolute atomic E-state index is 13.6. The quantitative estimate of drug-likeness (QED) is 0.570. The molecule has 0 bridgehead atoms. The molecule has 8 heteroatoms. The fourth-order valence-electron chi connectivity index (χ4n) is 3.00. The molecule has 4 rings (SSSR count). The number of amides is 1. The lowest BCUT2D eigenvalue weighted by atomic mass is 10.1. The van der Waals surface area contributed by atoms with Crippen LogP contribution in [0, 0.1) is 11.7 Å². The Labute approximate surface area is 159 Å². The molecule has 2 aromatic carbocycles. The molecule has 0 aliphatic rings. The van der Waals surface area contributed by atoms with Gasteiger partial charge in [0.15, 0.2) is 5.65 Å². The summed E-state index contributed by atoms with van der Waals surface area (Å²) in [6, 6.07) is 10.7. The van der Waals surface area contributed by atoms with Crippen LogP contribution in [0.3, 0.4) is 0 Å². The number of hydrogen-bond acceptors (Lipinski definition) is 4. The normalized spacial score (nSPS) is 11.4. The number of carbonyl (C=O) groups excluding carboxylic acids is 1. The van der Waals surface area contributed by atoms with Gasteiger partial charge in [0.2, 0.25) is 0 Å². The first-order valence-electron chi connectivity index (χ1n) is 8.89. The number of rotatable bonds is 4. The fraction of sp³-hybridized carbons (Fsp3) is 0.200. The lowest BCUT2D eigenvalue weighted by molar-refractivity contribution is 0.0949. The van der Waals surface area contributed by atoms with Crippen LogP contribution in [0.25, 0.3) is 27.8 Å². The van der Waals surface area contributed by atoms with Crippen LogP contribution in [0.5, 0.6) is 0 Å². The van der Waals surface area contributed by atoms with Gasteiger partial charge in [0.05, 0.1) is 10.9 Å². The minimum absolute atomic E-state index is 0.224. The van der Waals surface area contributed by atoms with Crippen LogP contribution in [-0.4, -0.2) is 32.3 Å². The molecular weight excluding hydrogens is 361 g/mol. The zero-order valence-corrected chi connectivity index (χ0v) is 15.4. The van der Waals surface area contributed by atoms with Crippen molar-refractivity contribution in [2.45, 2.75) is 13.8 Å². The number of benzene rings is 2. The Bertz CT molecular complexity index is 1260. The van der Waals surface area contributed by atoms with Gasteiger partial charge in [-0.2, -0.15) is 10.1 Å². The molecule has 0 aliphatic heterocycles. The summed E-state index contributed by atoms with van der Waals surface area (Å²) in [6.07, 6.45) is 0. The van der Waals surface area contributed by atoms with Gasteiger partial charge < -0.3 is 5.32 Å². The number of aromatic amines is 1. The molecule has 0 unspecified atom stereocenters. The van der Waals surface area contributed by atoms with E-state index in [1.54, 1.807) is 30.3 Å². The van der Waals surface area contributed by atoms with Crippen LogP contribution >= 0.6 is 0 Å². The largest absolute Gasteiger partial charge is 0.352 e. The van der Waals surface area contributed by atoms with E-state index in [9.17, 15) is 14.0 Å². The van der Waals surface area contributed by atoms with E-state index in [0.717, 1.165) is 0 Å². The number of carbonyl (C=O) groups is 1. The van der Waals surface area contributed by atoms with Gasteiger partial charge in [-0.05, 0) is 36.2 Å². The molecule has 7 nitrogen and oxygen atoms in total. The Kier molecular flexibility index (Phi) is 4.38. The van der Waals surface area contributed by atoms with Gasteiger partial charge in [0.25, 0.3) is 11.5 Å². The summed E-state index contributed by atoms with van der Waals surface area (Å²) in [5, 5.41) is 10.2. The predicted molar refractivity (Wildman–Crippen MR) is 104 cm³/mol. The number of nitrogens with one attached hydrogen (secondary N) is 2. The molecule has 0 spiro atoms. The molecule has 0 saturated carbocycles. The summed E-state index contributed by atoms with van der Waals surface area (Å²) in [5.41, 5.74) is 1.58. The molecule has 2 N–H and O–H groups in total. The number of halogens is 1. The van der Waals surface area contributed by atoms with Gasteiger partial charge in [-0.15, -0.1) is 0 Å². The summed E-state index contributed by atoms with van der Waals surface area (Å²) in [7, 11) is 0.